The molecule has 0 saturated carbocycles. The van der Waals surface area contributed by atoms with E-state index in [-0.39, 0.29) is 0 Å². The summed E-state index contributed by atoms with van der Waals surface area (Å²) in [6.07, 6.45) is 5.07. The van der Waals surface area contributed by atoms with E-state index >= 15 is 0 Å². The molecule has 110 valence electrons. The number of nitrogens with zero attached hydrogens (tertiary/aromatic N) is 1. The summed E-state index contributed by atoms with van der Waals surface area (Å²) < 4.78 is 5.73. The number of ether oxygens (including phenoxy) is 1. The predicted molar refractivity (Wildman–Crippen MR) is 86.6 cm³/mol. The summed E-state index contributed by atoms with van der Waals surface area (Å²) in [4.78, 5) is 4.39. The van der Waals surface area contributed by atoms with Gasteiger partial charge >= 0.3 is 0 Å². The minimum atomic E-state index is 0.703. The normalized spacial score (nSPS) is 13.2. The zero-order valence-electron chi connectivity index (χ0n) is 12.4. The maximum Gasteiger partial charge on any atom is 0.173 e. The first-order chi connectivity index (χ1) is 10.4. The van der Waals surface area contributed by atoms with Crippen molar-refractivity contribution < 1.29 is 4.74 Å². The van der Waals surface area contributed by atoms with Crippen molar-refractivity contribution >= 4 is 17.2 Å². The van der Waals surface area contributed by atoms with E-state index < -0.39 is 0 Å². The molecule has 0 radical (unpaired) electrons. The largest absolute Gasteiger partial charge is 0.490 e. The first-order valence-electron chi connectivity index (χ1n) is 7.58. The highest BCUT2D eigenvalue weighted by Crippen LogP contribution is 2.29. The molecule has 4 nitrogen and oxygen atoms in total. The highest BCUT2D eigenvalue weighted by molar-refractivity contribution is 5.67. The van der Waals surface area contributed by atoms with Gasteiger partial charge in [0.2, 0.25) is 0 Å². The molecule has 2 heterocycles. The van der Waals surface area contributed by atoms with Gasteiger partial charge in [-0.3, -0.25) is 0 Å². The summed E-state index contributed by atoms with van der Waals surface area (Å²) >= 11 is 0. The van der Waals surface area contributed by atoms with Crippen LogP contribution in [0.25, 0.3) is 0 Å². The zero-order chi connectivity index (χ0) is 14.5. The van der Waals surface area contributed by atoms with Gasteiger partial charge in [-0.1, -0.05) is 6.92 Å². The fourth-order valence-corrected chi connectivity index (χ4v) is 2.50. The Morgan fingerprint density at radius 1 is 1.33 bits per heavy atom. The van der Waals surface area contributed by atoms with Crippen molar-refractivity contribution in [1.29, 1.82) is 0 Å². The van der Waals surface area contributed by atoms with Crippen molar-refractivity contribution in [2.45, 2.75) is 26.2 Å². The number of aromatic nitrogens is 1. The van der Waals surface area contributed by atoms with Gasteiger partial charge in [-0.05, 0) is 55.2 Å². The fraction of sp³-hybridized carbons (Fsp3) is 0.353. The van der Waals surface area contributed by atoms with Crippen LogP contribution >= 0.6 is 0 Å². The molecule has 0 aliphatic carbocycles. The number of benzene rings is 1. The third-order valence-electron chi connectivity index (χ3n) is 3.54. The standard InChI is InChI=1S/C17H21N3O/c1-2-11-21-16-6-4-10-19-17(16)20-14-7-8-15-13(12-14)5-3-9-18-15/h4,6-8,10,12,18H,2-3,5,9,11H2,1H3,(H,19,20). The molecule has 0 unspecified atom stereocenters. The van der Waals surface area contributed by atoms with Crippen molar-refractivity contribution in [2.75, 3.05) is 23.8 Å². The lowest BCUT2D eigenvalue weighted by Crippen LogP contribution is -2.11. The monoisotopic (exact) mass is 283 g/mol. The molecule has 2 aromatic rings. The lowest BCUT2D eigenvalue weighted by atomic mass is 10.0. The van der Waals surface area contributed by atoms with E-state index in [1.807, 2.05) is 12.1 Å². The van der Waals surface area contributed by atoms with E-state index in [4.69, 9.17) is 4.74 Å². The Morgan fingerprint density at radius 3 is 3.19 bits per heavy atom. The first-order valence-corrected chi connectivity index (χ1v) is 7.58. The van der Waals surface area contributed by atoms with E-state index in [2.05, 4.69) is 40.7 Å². The fourth-order valence-electron chi connectivity index (χ4n) is 2.50. The lowest BCUT2D eigenvalue weighted by Gasteiger charge is -2.19. The van der Waals surface area contributed by atoms with Crippen LogP contribution in [-0.4, -0.2) is 18.1 Å². The van der Waals surface area contributed by atoms with Crippen molar-refractivity contribution in [3.8, 4) is 5.75 Å². The first kappa shape index (κ1) is 13.7. The number of pyridine rings is 1. The summed E-state index contributed by atoms with van der Waals surface area (Å²) in [6, 6.07) is 10.2. The highest BCUT2D eigenvalue weighted by atomic mass is 16.5. The molecule has 4 heteroatoms. The highest BCUT2D eigenvalue weighted by Gasteiger charge is 2.10. The maximum atomic E-state index is 5.73. The molecular weight excluding hydrogens is 262 g/mol. The van der Waals surface area contributed by atoms with Crippen molar-refractivity contribution in [3.05, 3.63) is 42.1 Å². The van der Waals surface area contributed by atoms with Crippen LogP contribution in [0.5, 0.6) is 5.75 Å². The van der Waals surface area contributed by atoms with E-state index in [9.17, 15) is 0 Å². The summed E-state index contributed by atoms with van der Waals surface area (Å²) in [7, 11) is 0. The molecule has 1 aliphatic rings. The number of hydrogen-bond donors (Lipinski definition) is 2. The van der Waals surface area contributed by atoms with Gasteiger partial charge < -0.3 is 15.4 Å². The van der Waals surface area contributed by atoms with Gasteiger partial charge in [0, 0.05) is 24.1 Å². The molecule has 0 amide bonds. The van der Waals surface area contributed by atoms with Crippen LogP contribution in [0.3, 0.4) is 0 Å². The molecular formula is C17H21N3O. The van der Waals surface area contributed by atoms with Gasteiger partial charge in [-0.25, -0.2) is 4.98 Å². The van der Waals surface area contributed by atoms with Crippen LogP contribution in [0, 0.1) is 0 Å². The van der Waals surface area contributed by atoms with Gasteiger partial charge in [-0.15, -0.1) is 0 Å². The Hall–Kier alpha value is -2.23. The molecule has 0 saturated heterocycles. The molecule has 21 heavy (non-hydrogen) atoms. The predicted octanol–water partition coefficient (Wildman–Crippen LogP) is 3.97. The molecule has 0 spiro atoms. The van der Waals surface area contributed by atoms with Gasteiger partial charge in [0.15, 0.2) is 11.6 Å². The number of aryl methyl sites for hydroxylation is 1. The van der Waals surface area contributed by atoms with Crippen LogP contribution in [0.1, 0.15) is 25.3 Å². The Kier molecular flexibility index (Phi) is 4.24. The zero-order valence-corrected chi connectivity index (χ0v) is 12.4. The van der Waals surface area contributed by atoms with E-state index in [1.165, 1.54) is 17.7 Å². The van der Waals surface area contributed by atoms with Gasteiger partial charge in [0.05, 0.1) is 6.61 Å². The summed E-state index contributed by atoms with van der Waals surface area (Å²) in [5.41, 5.74) is 3.66. The lowest BCUT2D eigenvalue weighted by molar-refractivity contribution is 0.318. The molecule has 0 fully saturated rings. The van der Waals surface area contributed by atoms with Gasteiger partial charge in [0.25, 0.3) is 0 Å². The second-order valence-corrected chi connectivity index (χ2v) is 5.23. The molecule has 0 bridgehead atoms. The number of hydrogen-bond acceptors (Lipinski definition) is 4. The topological polar surface area (TPSA) is 46.2 Å². The van der Waals surface area contributed by atoms with E-state index in [0.717, 1.165) is 36.6 Å². The Morgan fingerprint density at radius 2 is 2.29 bits per heavy atom. The molecule has 1 aliphatic heterocycles. The SMILES string of the molecule is CCCOc1cccnc1Nc1ccc2c(c1)CCCN2. The minimum absolute atomic E-state index is 0.703. The van der Waals surface area contributed by atoms with Crippen molar-refractivity contribution in [1.82, 2.24) is 4.98 Å². The Bertz CT molecular complexity index is 613. The van der Waals surface area contributed by atoms with E-state index in [0.29, 0.717) is 6.61 Å². The number of nitrogens with one attached hydrogen (secondary N) is 2. The molecule has 3 rings (SSSR count). The van der Waals surface area contributed by atoms with Crippen molar-refractivity contribution in [3.63, 3.8) is 0 Å². The maximum absolute atomic E-state index is 5.73. The van der Waals surface area contributed by atoms with E-state index in [1.54, 1.807) is 6.20 Å². The van der Waals surface area contributed by atoms with Crippen LogP contribution in [0.2, 0.25) is 0 Å². The summed E-state index contributed by atoms with van der Waals surface area (Å²) in [6.45, 7) is 3.86. The Labute approximate surface area is 125 Å². The summed E-state index contributed by atoms with van der Waals surface area (Å²) in [5, 5.41) is 6.79. The number of rotatable bonds is 5. The number of anilines is 3. The quantitative estimate of drug-likeness (QED) is 0.871. The van der Waals surface area contributed by atoms with Crippen LogP contribution in [0.4, 0.5) is 17.2 Å². The second kappa shape index (κ2) is 6.48. The van der Waals surface area contributed by atoms with Gasteiger partial charge in [-0.2, -0.15) is 0 Å². The summed E-state index contributed by atoms with van der Waals surface area (Å²) in [5.74, 6) is 1.57. The molecule has 2 N–H and O–H groups in total. The average molecular weight is 283 g/mol. The average Bonchev–Trinajstić information content (AvgIpc) is 2.54. The Balaban J connectivity index is 1.80. The van der Waals surface area contributed by atoms with Crippen molar-refractivity contribution in [2.24, 2.45) is 0 Å². The minimum Gasteiger partial charge on any atom is -0.490 e. The number of fused-ring (bicyclic) bond motifs is 1. The molecule has 0 atom stereocenters. The van der Waals surface area contributed by atoms with Crippen LogP contribution in [0.15, 0.2) is 36.5 Å². The molecule has 1 aromatic heterocycles. The van der Waals surface area contributed by atoms with Crippen LogP contribution in [-0.2, 0) is 6.42 Å². The second-order valence-electron chi connectivity index (χ2n) is 5.23. The third kappa shape index (κ3) is 3.27. The third-order valence-corrected chi connectivity index (χ3v) is 3.54. The van der Waals surface area contributed by atoms with Crippen LogP contribution < -0.4 is 15.4 Å². The molecule has 1 aromatic carbocycles. The van der Waals surface area contributed by atoms with Gasteiger partial charge in [0.1, 0.15) is 0 Å². The smallest absolute Gasteiger partial charge is 0.173 e.